The van der Waals surface area contributed by atoms with Gasteiger partial charge in [0.05, 0.1) is 0 Å². The predicted octanol–water partition coefficient (Wildman–Crippen LogP) is 3.64. The van der Waals surface area contributed by atoms with Crippen LogP contribution in [0.25, 0.3) is 0 Å². The Morgan fingerprint density at radius 1 is 1.11 bits per heavy atom. The molecule has 3 rings (SSSR count). The molecule has 0 amide bonds. The van der Waals surface area contributed by atoms with Crippen molar-refractivity contribution in [3.8, 4) is 17.2 Å². The minimum Gasteiger partial charge on any atom is -0.454 e. The minimum absolute atomic E-state index is 0. The number of guanidine groups is 1. The number of halogens is 4. The molecule has 6 nitrogen and oxygen atoms in total. The molecule has 2 aromatic carbocycles. The fraction of sp³-hybridized carbons (Fsp3) is 0.278. The van der Waals surface area contributed by atoms with Crippen LogP contribution in [0.4, 0.5) is 13.2 Å². The van der Waals surface area contributed by atoms with E-state index in [9.17, 15) is 13.2 Å². The summed E-state index contributed by atoms with van der Waals surface area (Å²) in [5.74, 6) is 0.813. The molecule has 0 bridgehead atoms. The number of ether oxygens (including phenoxy) is 3. The van der Waals surface area contributed by atoms with Gasteiger partial charge in [0.1, 0.15) is 11.6 Å². The van der Waals surface area contributed by atoms with E-state index in [4.69, 9.17) is 9.47 Å². The van der Waals surface area contributed by atoms with Gasteiger partial charge in [-0.2, -0.15) is 8.78 Å². The first-order chi connectivity index (χ1) is 13.1. The molecule has 1 heterocycles. The number of hydrogen-bond donors (Lipinski definition) is 2. The average molecular weight is 509 g/mol. The zero-order chi connectivity index (χ0) is 19.2. The van der Waals surface area contributed by atoms with Crippen LogP contribution in [0.2, 0.25) is 0 Å². The van der Waals surface area contributed by atoms with E-state index in [-0.39, 0.29) is 55.4 Å². The van der Waals surface area contributed by atoms with E-state index in [1.54, 1.807) is 31.3 Å². The van der Waals surface area contributed by atoms with Crippen LogP contribution in [0.5, 0.6) is 17.2 Å². The van der Waals surface area contributed by atoms with Crippen molar-refractivity contribution in [2.24, 2.45) is 4.99 Å². The van der Waals surface area contributed by atoms with Crippen molar-refractivity contribution < 1.29 is 27.4 Å². The van der Waals surface area contributed by atoms with Gasteiger partial charge in [-0.15, -0.1) is 24.0 Å². The summed E-state index contributed by atoms with van der Waals surface area (Å²) in [5, 5.41) is 5.94. The van der Waals surface area contributed by atoms with Crippen LogP contribution in [0, 0.1) is 5.82 Å². The highest BCUT2D eigenvalue weighted by atomic mass is 127. The minimum atomic E-state index is -2.97. The monoisotopic (exact) mass is 509 g/mol. The molecule has 28 heavy (non-hydrogen) atoms. The van der Waals surface area contributed by atoms with E-state index in [2.05, 4.69) is 20.4 Å². The van der Waals surface area contributed by atoms with Crippen LogP contribution in [0.1, 0.15) is 11.1 Å². The van der Waals surface area contributed by atoms with Gasteiger partial charge in [0, 0.05) is 37.3 Å². The lowest BCUT2D eigenvalue weighted by atomic mass is 10.1. The van der Waals surface area contributed by atoms with E-state index < -0.39 is 6.61 Å². The number of nitrogens with zero attached hydrogens (tertiary/aromatic N) is 1. The van der Waals surface area contributed by atoms with Crippen molar-refractivity contribution >= 4 is 29.9 Å². The molecule has 2 aromatic rings. The lowest BCUT2D eigenvalue weighted by molar-refractivity contribution is -0.0505. The maximum absolute atomic E-state index is 13.7. The Morgan fingerprint density at radius 3 is 2.39 bits per heavy atom. The van der Waals surface area contributed by atoms with Gasteiger partial charge in [0.25, 0.3) is 0 Å². The van der Waals surface area contributed by atoms with Crippen LogP contribution in [0.15, 0.2) is 41.4 Å². The number of fused-ring (bicyclic) bond motifs is 1. The number of benzene rings is 2. The molecule has 0 spiro atoms. The highest BCUT2D eigenvalue weighted by Gasteiger charge is 2.20. The molecule has 0 saturated carbocycles. The van der Waals surface area contributed by atoms with Crippen LogP contribution in [0.3, 0.4) is 0 Å². The topological polar surface area (TPSA) is 64.1 Å². The van der Waals surface area contributed by atoms with Crippen molar-refractivity contribution in [1.29, 1.82) is 0 Å². The summed E-state index contributed by atoms with van der Waals surface area (Å²) in [4.78, 5) is 4.04. The van der Waals surface area contributed by atoms with Crippen molar-refractivity contribution in [2.75, 3.05) is 13.8 Å². The third kappa shape index (κ3) is 5.57. The van der Waals surface area contributed by atoms with Crippen LogP contribution >= 0.6 is 24.0 Å². The Balaban J connectivity index is 0.00000280. The van der Waals surface area contributed by atoms with Crippen molar-refractivity contribution in [1.82, 2.24) is 10.6 Å². The van der Waals surface area contributed by atoms with Crippen LogP contribution in [-0.2, 0) is 13.1 Å². The Hall–Kier alpha value is -2.37. The number of aliphatic imine (C=N–C) groups is 1. The lowest BCUT2D eigenvalue weighted by Gasteiger charge is -2.15. The molecule has 0 saturated heterocycles. The summed E-state index contributed by atoms with van der Waals surface area (Å²) in [6, 6.07) is 9.29. The largest absolute Gasteiger partial charge is 0.454 e. The van der Waals surface area contributed by atoms with Crippen molar-refractivity contribution in [3.05, 3.63) is 53.3 Å². The van der Waals surface area contributed by atoms with Gasteiger partial charge in [-0.25, -0.2) is 4.39 Å². The number of alkyl halides is 2. The Labute approximate surface area is 177 Å². The number of rotatable bonds is 6. The second-order valence-electron chi connectivity index (χ2n) is 5.56. The second-order valence-corrected chi connectivity index (χ2v) is 5.56. The summed E-state index contributed by atoms with van der Waals surface area (Å²) in [6.45, 7) is -2.60. The summed E-state index contributed by atoms with van der Waals surface area (Å²) in [6.07, 6.45) is 0. The van der Waals surface area contributed by atoms with E-state index in [0.717, 1.165) is 0 Å². The molecule has 0 radical (unpaired) electrons. The van der Waals surface area contributed by atoms with Gasteiger partial charge in [-0.05, 0) is 12.1 Å². The van der Waals surface area contributed by atoms with Gasteiger partial charge in [-0.3, -0.25) is 4.99 Å². The molecule has 0 unspecified atom stereocenters. The Kier molecular flexibility index (Phi) is 8.03. The first-order valence-corrected chi connectivity index (χ1v) is 8.12. The molecule has 0 atom stereocenters. The quantitative estimate of drug-likeness (QED) is 0.354. The molecule has 0 aromatic heterocycles. The summed E-state index contributed by atoms with van der Waals surface area (Å²) in [7, 11) is 1.55. The molecule has 1 aliphatic rings. The highest BCUT2D eigenvalue weighted by Crippen LogP contribution is 2.38. The fourth-order valence-corrected chi connectivity index (χ4v) is 2.53. The standard InChI is InChI=1S/C18H18F3N3O3.HI/c1-22-18(23-8-11-4-2-3-5-13(11)19)24-9-12-6-15-16(26-10-25-15)7-14(12)27-17(20)21;/h2-7,17H,8-10H2,1H3,(H2,22,23,24);1H. The normalized spacial score (nSPS) is 12.5. The third-order valence-electron chi connectivity index (χ3n) is 3.85. The Morgan fingerprint density at radius 2 is 1.75 bits per heavy atom. The highest BCUT2D eigenvalue weighted by molar-refractivity contribution is 14.0. The molecule has 2 N–H and O–H groups in total. The molecular formula is C18H19F3IN3O3. The van der Waals surface area contributed by atoms with E-state index in [1.165, 1.54) is 12.1 Å². The zero-order valence-electron chi connectivity index (χ0n) is 14.9. The van der Waals surface area contributed by atoms with Gasteiger partial charge >= 0.3 is 6.61 Å². The molecule has 10 heteroatoms. The molecular weight excluding hydrogens is 490 g/mol. The number of nitrogens with one attached hydrogen (secondary N) is 2. The van der Waals surface area contributed by atoms with Gasteiger partial charge in [0.15, 0.2) is 17.5 Å². The SMILES string of the molecule is CN=C(NCc1ccccc1F)NCc1cc2c(cc1OC(F)F)OCO2.I. The molecule has 1 aliphatic heterocycles. The maximum Gasteiger partial charge on any atom is 0.387 e. The number of hydrogen-bond acceptors (Lipinski definition) is 4. The third-order valence-corrected chi connectivity index (χ3v) is 3.85. The van der Waals surface area contributed by atoms with Crippen molar-refractivity contribution in [2.45, 2.75) is 19.7 Å². The second kappa shape index (κ2) is 10.2. The average Bonchev–Trinajstić information content (AvgIpc) is 3.09. The summed E-state index contributed by atoms with van der Waals surface area (Å²) >= 11 is 0. The smallest absolute Gasteiger partial charge is 0.387 e. The van der Waals surface area contributed by atoms with Crippen LogP contribution in [-0.4, -0.2) is 26.4 Å². The van der Waals surface area contributed by atoms with E-state index in [0.29, 0.717) is 28.6 Å². The molecule has 0 fully saturated rings. The maximum atomic E-state index is 13.7. The van der Waals surface area contributed by atoms with Gasteiger partial charge in [0.2, 0.25) is 6.79 Å². The molecule has 152 valence electrons. The first-order valence-electron chi connectivity index (χ1n) is 8.12. The van der Waals surface area contributed by atoms with Crippen LogP contribution < -0.4 is 24.8 Å². The van der Waals surface area contributed by atoms with Gasteiger partial charge in [-0.1, -0.05) is 18.2 Å². The Bertz CT molecular complexity index is 837. The molecule has 0 aliphatic carbocycles. The van der Waals surface area contributed by atoms with E-state index in [1.807, 2.05) is 0 Å². The van der Waals surface area contributed by atoms with E-state index >= 15 is 0 Å². The fourth-order valence-electron chi connectivity index (χ4n) is 2.53. The first kappa shape index (κ1) is 21.9. The van der Waals surface area contributed by atoms with Crippen molar-refractivity contribution in [3.63, 3.8) is 0 Å². The zero-order valence-corrected chi connectivity index (χ0v) is 17.2. The van der Waals surface area contributed by atoms with Gasteiger partial charge < -0.3 is 24.8 Å². The summed E-state index contributed by atoms with van der Waals surface area (Å²) < 4.78 is 54.1. The lowest BCUT2D eigenvalue weighted by Crippen LogP contribution is -2.36. The summed E-state index contributed by atoms with van der Waals surface area (Å²) in [5.41, 5.74) is 0.915. The predicted molar refractivity (Wildman–Crippen MR) is 108 cm³/mol.